The summed E-state index contributed by atoms with van der Waals surface area (Å²) >= 11 is 0. The van der Waals surface area contributed by atoms with Crippen LogP contribution in [-0.4, -0.2) is 0 Å². The highest BCUT2D eigenvalue weighted by atomic mass is 16.3. The normalized spacial score (nSPS) is 13.1. The molecule has 1 aliphatic carbocycles. The van der Waals surface area contributed by atoms with Gasteiger partial charge < -0.3 is 13.7 Å². The van der Waals surface area contributed by atoms with Gasteiger partial charge in [-0.05, 0) is 131 Å². The Morgan fingerprint density at radius 3 is 1.65 bits per heavy atom. The summed E-state index contributed by atoms with van der Waals surface area (Å²) in [5, 5.41) is 11.7. The van der Waals surface area contributed by atoms with Crippen molar-refractivity contribution in [3.8, 4) is 33.4 Å². The number of nitrogens with zero attached hydrogens (tertiary/aromatic N) is 1. The SMILES string of the molecule is CC1(C)c2ccccc2-c2ccc(N(c3ccc(-c4ccccc4)cc3)c3ccc(-c4ccc5c6ccccc6c6ccccc6c5c4)c4c3oc3ccc5oc6ccccc6c5c34)cc21. The van der Waals surface area contributed by atoms with E-state index in [1.165, 1.54) is 65.7 Å². The zero-order chi connectivity index (χ0) is 43.7. The predicted molar refractivity (Wildman–Crippen MR) is 277 cm³/mol. The minimum absolute atomic E-state index is 0.178. The third kappa shape index (κ3) is 5.26. The second-order valence-corrected chi connectivity index (χ2v) is 18.3. The number of hydrogen-bond acceptors (Lipinski definition) is 3. The van der Waals surface area contributed by atoms with Gasteiger partial charge in [0.05, 0.1) is 5.69 Å². The highest BCUT2D eigenvalue weighted by molar-refractivity contribution is 6.31. The molecule has 1 aliphatic rings. The van der Waals surface area contributed by atoms with Crippen LogP contribution in [-0.2, 0) is 5.41 Å². The van der Waals surface area contributed by atoms with E-state index in [4.69, 9.17) is 8.83 Å². The fourth-order valence-electron chi connectivity index (χ4n) is 11.3. The summed E-state index contributed by atoms with van der Waals surface area (Å²) in [6.45, 7) is 4.70. The lowest BCUT2D eigenvalue weighted by Gasteiger charge is -2.28. The first kappa shape index (κ1) is 37.0. The minimum atomic E-state index is -0.178. The monoisotopic (exact) mass is 843 g/mol. The third-order valence-corrected chi connectivity index (χ3v) is 14.5. The van der Waals surface area contributed by atoms with Crippen molar-refractivity contribution in [3.05, 3.63) is 223 Å². The molecule has 2 heterocycles. The van der Waals surface area contributed by atoms with E-state index in [2.05, 4.69) is 225 Å². The standard InChI is InChI=1S/C63H41NO2/c1-63(2)53-22-12-10-20-49(53)50-31-29-42(37-54(50)63)64(41-27-24-39(25-28-41)38-14-4-3-5-15-38)55-33-32-43(60-61-58(66-62(55)60)35-34-57-59(61)51-21-11-13-23-56(51)65-57)40-26-30-48-46-18-7-6-16-44(46)45-17-8-9-19-47(45)52(48)36-40/h3-37H,1-2H3. The third-order valence-electron chi connectivity index (χ3n) is 14.5. The van der Waals surface area contributed by atoms with Gasteiger partial charge in [0.15, 0.2) is 5.58 Å². The molecule has 0 spiro atoms. The van der Waals surface area contributed by atoms with Gasteiger partial charge in [-0.25, -0.2) is 0 Å². The Morgan fingerprint density at radius 2 is 0.894 bits per heavy atom. The molecule has 0 N–H and O–H groups in total. The summed E-state index contributed by atoms with van der Waals surface area (Å²) in [6.07, 6.45) is 0. The van der Waals surface area contributed by atoms with Crippen molar-refractivity contribution in [1.29, 1.82) is 0 Å². The van der Waals surface area contributed by atoms with Crippen molar-refractivity contribution in [3.63, 3.8) is 0 Å². The smallest absolute Gasteiger partial charge is 0.160 e. The van der Waals surface area contributed by atoms with Crippen LogP contribution < -0.4 is 4.90 Å². The van der Waals surface area contributed by atoms with Gasteiger partial charge in [-0.15, -0.1) is 0 Å². The lowest BCUT2D eigenvalue weighted by atomic mass is 9.82. The molecule has 14 rings (SSSR count). The minimum Gasteiger partial charge on any atom is -0.456 e. The van der Waals surface area contributed by atoms with Gasteiger partial charge in [-0.3, -0.25) is 0 Å². The highest BCUT2D eigenvalue weighted by Crippen LogP contribution is 2.53. The zero-order valence-corrected chi connectivity index (χ0v) is 36.5. The Hall–Kier alpha value is -8.40. The molecular weight excluding hydrogens is 803 g/mol. The van der Waals surface area contributed by atoms with Crippen LogP contribution in [0.1, 0.15) is 25.0 Å². The second-order valence-electron chi connectivity index (χ2n) is 18.3. The van der Waals surface area contributed by atoms with Crippen molar-refractivity contribution in [2.75, 3.05) is 4.90 Å². The lowest BCUT2D eigenvalue weighted by molar-refractivity contribution is 0.660. The van der Waals surface area contributed by atoms with E-state index >= 15 is 0 Å². The van der Waals surface area contributed by atoms with Crippen LogP contribution in [0, 0.1) is 0 Å². The molecule has 0 aliphatic heterocycles. The van der Waals surface area contributed by atoms with Crippen LogP contribution >= 0.6 is 0 Å². The number of para-hydroxylation sites is 1. The van der Waals surface area contributed by atoms with E-state index in [0.717, 1.165) is 72.1 Å². The number of furan rings is 2. The number of hydrogen-bond donors (Lipinski definition) is 0. The Labute approximate surface area is 381 Å². The molecule has 66 heavy (non-hydrogen) atoms. The van der Waals surface area contributed by atoms with Crippen molar-refractivity contribution in [2.45, 2.75) is 19.3 Å². The van der Waals surface area contributed by atoms with Crippen molar-refractivity contribution in [2.24, 2.45) is 0 Å². The van der Waals surface area contributed by atoms with Gasteiger partial charge in [0.1, 0.15) is 16.7 Å². The Morgan fingerprint density at radius 1 is 0.333 bits per heavy atom. The number of benzene rings is 11. The summed E-state index contributed by atoms with van der Waals surface area (Å²) in [5.74, 6) is 0. The van der Waals surface area contributed by atoms with Gasteiger partial charge in [0.25, 0.3) is 0 Å². The quantitative estimate of drug-likeness (QED) is 0.162. The van der Waals surface area contributed by atoms with Crippen molar-refractivity contribution >= 4 is 93.3 Å². The van der Waals surface area contributed by atoms with Gasteiger partial charge in [0.2, 0.25) is 0 Å². The molecule has 0 saturated heterocycles. The molecule has 0 amide bonds. The van der Waals surface area contributed by atoms with E-state index in [-0.39, 0.29) is 5.41 Å². The molecule has 310 valence electrons. The second kappa shape index (κ2) is 13.8. The van der Waals surface area contributed by atoms with Gasteiger partial charge in [-0.2, -0.15) is 0 Å². The Balaban J connectivity index is 1.07. The summed E-state index contributed by atoms with van der Waals surface area (Å²) in [7, 11) is 0. The highest BCUT2D eigenvalue weighted by Gasteiger charge is 2.36. The van der Waals surface area contributed by atoms with E-state index in [1.54, 1.807) is 0 Å². The Bertz CT molecular complexity index is 4100. The van der Waals surface area contributed by atoms with Crippen LogP contribution in [0.15, 0.2) is 221 Å². The van der Waals surface area contributed by atoms with E-state index < -0.39 is 0 Å². The van der Waals surface area contributed by atoms with Crippen LogP contribution in [0.2, 0.25) is 0 Å². The van der Waals surface area contributed by atoms with Crippen LogP contribution in [0.3, 0.4) is 0 Å². The molecule has 0 saturated carbocycles. The zero-order valence-electron chi connectivity index (χ0n) is 36.5. The maximum absolute atomic E-state index is 7.31. The lowest BCUT2D eigenvalue weighted by Crippen LogP contribution is -2.16. The van der Waals surface area contributed by atoms with Crippen LogP contribution in [0.4, 0.5) is 17.1 Å². The van der Waals surface area contributed by atoms with Gasteiger partial charge >= 0.3 is 0 Å². The maximum atomic E-state index is 7.31. The molecule has 13 aromatic rings. The number of fused-ring (bicyclic) bond motifs is 16. The van der Waals surface area contributed by atoms with Crippen molar-refractivity contribution < 1.29 is 8.83 Å². The van der Waals surface area contributed by atoms with Crippen LogP contribution in [0.25, 0.3) is 110 Å². The van der Waals surface area contributed by atoms with Gasteiger partial charge in [-0.1, -0.05) is 172 Å². The number of rotatable bonds is 5. The average Bonchev–Trinajstić information content (AvgIpc) is 4.02. The summed E-state index contributed by atoms with van der Waals surface area (Å²) in [4.78, 5) is 2.40. The molecule has 0 radical (unpaired) electrons. The summed E-state index contributed by atoms with van der Waals surface area (Å²) in [5.41, 5.74) is 16.1. The first-order valence-electron chi connectivity index (χ1n) is 22.8. The van der Waals surface area contributed by atoms with Crippen LogP contribution in [0.5, 0.6) is 0 Å². The Kier molecular flexibility index (Phi) is 7.74. The molecule has 3 nitrogen and oxygen atoms in total. The first-order chi connectivity index (χ1) is 32.5. The number of anilines is 3. The van der Waals surface area contributed by atoms with E-state index in [9.17, 15) is 0 Å². The molecule has 0 atom stereocenters. The average molecular weight is 844 g/mol. The molecule has 11 aromatic carbocycles. The maximum Gasteiger partial charge on any atom is 0.160 e. The summed E-state index contributed by atoms with van der Waals surface area (Å²) < 4.78 is 13.9. The largest absolute Gasteiger partial charge is 0.456 e. The topological polar surface area (TPSA) is 29.5 Å². The molecular formula is C63H41NO2. The molecule has 0 unspecified atom stereocenters. The predicted octanol–water partition coefficient (Wildman–Crippen LogP) is 18.1. The molecule has 0 bridgehead atoms. The fourth-order valence-corrected chi connectivity index (χ4v) is 11.3. The molecule has 3 heteroatoms. The summed E-state index contributed by atoms with van der Waals surface area (Å²) in [6, 6.07) is 77.1. The molecule has 2 aromatic heterocycles. The van der Waals surface area contributed by atoms with Crippen molar-refractivity contribution in [1.82, 2.24) is 0 Å². The molecule has 0 fully saturated rings. The first-order valence-corrected chi connectivity index (χ1v) is 22.8. The van der Waals surface area contributed by atoms with Gasteiger partial charge in [0, 0.05) is 38.3 Å². The fraction of sp³-hybridized carbons (Fsp3) is 0.0476. The van der Waals surface area contributed by atoms with E-state index in [1.807, 2.05) is 6.07 Å². The van der Waals surface area contributed by atoms with E-state index in [0.29, 0.717) is 0 Å².